The van der Waals surface area contributed by atoms with Gasteiger partial charge in [-0.05, 0) is 164 Å². The molecular weight excluding hydrogens is 1410 g/mol. The van der Waals surface area contributed by atoms with Gasteiger partial charge in [0, 0.05) is 29.9 Å². The van der Waals surface area contributed by atoms with Crippen molar-refractivity contribution in [1.82, 2.24) is 74.1 Å². The van der Waals surface area contributed by atoms with Crippen LogP contribution in [-0.4, -0.2) is 215 Å². The molecule has 4 rings (SSSR count). The number of rotatable bonds is 51. The standard InChI is InChI=1S/C76H123N17O16/c1-10-46(8)63(75(108)82-41-62(96)97)92-73(106)60(39-49-40-81-51-26-15-14-25-50(49)51)90-74(107)61(42-94)91-68(101)54(28-17-20-32-78)84-69(102)56(35-43(2)3)87-71(104)59(38-48-23-12-11-13-24-48)89-67(100)55(29-18-21-33-79)85-76(109)64(47(9)95)93-72(105)58(37-45(6)7)88-70(103)57(36-44(4)5)86-66(99)53(27-16-19-31-77)83-65(98)52-30-22-34-80-52/h11-15,23-26,40,43-47,52-61,63-64,80-81,94-95H,10,16-22,27-39,41-42,77-79H2,1-9H3,(H,82,108)(H,83,98)(H,84,102)(H,85,109)(H,86,99)(H,87,104)(H,88,103)(H,89,100)(H,90,107)(H,91,101)(H,92,106)(H,93,105)(H,96,97)/t46-,47+,52-,53-,54-,55-,56-,57-,58-,59-,60-,61-,63-,64-/m0/s1. The van der Waals surface area contributed by atoms with Crippen LogP contribution in [-0.2, 0) is 75.2 Å². The molecule has 1 aromatic heterocycles. The summed E-state index contributed by atoms with van der Waals surface area (Å²) < 4.78 is 0. The van der Waals surface area contributed by atoms with Gasteiger partial charge in [0.2, 0.25) is 70.9 Å². The number of unbranched alkanes of at least 4 members (excludes halogenated alkanes) is 3. The van der Waals surface area contributed by atoms with Crippen LogP contribution in [0.5, 0.6) is 0 Å². The largest absolute Gasteiger partial charge is 0.480 e. The molecule has 2 heterocycles. The first kappa shape index (κ1) is 92.2. The maximum atomic E-state index is 14.9. The Balaban J connectivity index is 1.60. The molecule has 23 N–H and O–H groups in total. The molecule has 1 saturated heterocycles. The summed E-state index contributed by atoms with van der Waals surface area (Å²) in [7, 11) is 0. The second kappa shape index (κ2) is 48.4. The highest BCUT2D eigenvalue weighted by Crippen LogP contribution is 2.21. The normalized spacial score (nSPS) is 16.4. The van der Waals surface area contributed by atoms with Crippen LogP contribution >= 0.6 is 0 Å². The van der Waals surface area contributed by atoms with Crippen LogP contribution in [0.15, 0.2) is 60.8 Å². The van der Waals surface area contributed by atoms with Crippen molar-refractivity contribution in [3.63, 3.8) is 0 Å². The zero-order valence-corrected chi connectivity index (χ0v) is 64.7. The number of aromatic amines is 1. The van der Waals surface area contributed by atoms with Crippen LogP contribution < -0.4 is 86.3 Å². The monoisotopic (exact) mass is 1530 g/mol. The number of nitrogens with one attached hydrogen (secondary N) is 14. The number of hydrogen-bond acceptors (Lipinski definition) is 19. The van der Waals surface area contributed by atoms with Crippen LogP contribution in [0.4, 0.5) is 0 Å². The molecule has 1 fully saturated rings. The SMILES string of the molecule is CC[C@H](C)[C@H](NC(=O)[C@H](Cc1c[nH]c2ccccc12)NC(=O)[C@H](CO)NC(=O)[C@H](CCCCN)NC(=O)[C@H](CC(C)C)NC(=O)[C@H](Cc1ccccc1)NC(=O)[C@H](CCCCN)NC(=O)[C@@H](NC(=O)[C@H](CC(C)C)NC(=O)[C@H](CC(C)C)NC(=O)[C@H](CCCCN)NC(=O)[C@@H]1CCCN1)[C@@H](C)O)C(=O)NCC(=O)O. The lowest BCUT2D eigenvalue weighted by Crippen LogP contribution is -2.62. The summed E-state index contributed by atoms with van der Waals surface area (Å²) in [5.74, 6) is -12.2. The lowest BCUT2D eigenvalue weighted by molar-refractivity contribution is -0.139. The summed E-state index contributed by atoms with van der Waals surface area (Å²) in [4.78, 5) is 186. The minimum Gasteiger partial charge on any atom is -0.480 e. The van der Waals surface area contributed by atoms with Crippen LogP contribution in [0.1, 0.15) is 170 Å². The van der Waals surface area contributed by atoms with Crippen LogP contribution in [0.25, 0.3) is 10.9 Å². The number of amides is 12. The maximum Gasteiger partial charge on any atom is 0.322 e. The van der Waals surface area contributed by atoms with Gasteiger partial charge >= 0.3 is 5.97 Å². The van der Waals surface area contributed by atoms with E-state index in [2.05, 4.69) is 74.1 Å². The van der Waals surface area contributed by atoms with Crippen LogP contribution in [0.2, 0.25) is 0 Å². The van der Waals surface area contributed by atoms with Crippen LogP contribution in [0, 0.1) is 23.7 Å². The number of carboxylic acid groups (broad SMARTS) is 1. The highest BCUT2D eigenvalue weighted by molar-refractivity contribution is 6.00. The predicted molar refractivity (Wildman–Crippen MR) is 410 cm³/mol. The van der Waals surface area contributed by atoms with E-state index in [0.717, 1.165) is 6.42 Å². The fraction of sp³-hybridized carbons (Fsp3) is 0.645. The van der Waals surface area contributed by atoms with Crippen LogP contribution in [0.3, 0.4) is 0 Å². The fourth-order valence-corrected chi connectivity index (χ4v) is 12.6. The minimum absolute atomic E-state index is 0.0156. The second-order valence-electron chi connectivity index (χ2n) is 29.6. The van der Waals surface area contributed by atoms with E-state index in [1.807, 2.05) is 13.8 Å². The molecule has 33 heteroatoms. The molecule has 33 nitrogen and oxygen atoms in total. The highest BCUT2D eigenvalue weighted by atomic mass is 16.4. The lowest BCUT2D eigenvalue weighted by Gasteiger charge is -2.30. The molecule has 109 heavy (non-hydrogen) atoms. The Kier molecular flexibility index (Phi) is 40.9. The third-order valence-corrected chi connectivity index (χ3v) is 18.9. The topological polar surface area (TPSA) is 533 Å². The predicted octanol–water partition coefficient (Wildman–Crippen LogP) is -0.817. The van der Waals surface area contributed by atoms with E-state index < -0.39 is 169 Å². The van der Waals surface area contributed by atoms with Gasteiger partial charge in [-0.15, -0.1) is 0 Å². The van der Waals surface area contributed by atoms with Crippen molar-refractivity contribution >= 4 is 87.8 Å². The Bertz CT molecular complexity index is 3420. The van der Waals surface area contributed by atoms with E-state index >= 15 is 0 Å². The molecule has 2 aromatic carbocycles. The Hall–Kier alpha value is -9.15. The van der Waals surface area contributed by atoms with Crippen molar-refractivity contribution in [2.45, 2.75) is 250 Å². The molecule has 1 aliphatic heterocycles. The first-order valence-electron chi connectivity index (χ1n) is 38.4. The summed E-state index contributed by atoms with van der Waals surface area (Å²) in [5, 5.41) is 67.0. The van der Waals surface area contributed by atoms with Gasteiger partial charge in [0.1, 0.15) is 73.0 Å². The van der Waals surface area contributed by atoms with Gasteiger partial charge in [0.25, 0.3) is 0 Å². The molecule has 0 saturated carbocycles. The fourth-order valence-electron chi connectivity index (χ4n) is 12.6. The molecule has 14 atom stereocenters. The number of hydrogen-bond donors (Lipinski definition) is 20. The summed E-state index contributed by atoms with van der Waals surface area (Å²) in [6.45, 7) is 15.2. The minimum atomic E-state index is -1.74. The molecule has 1 aliphatic rings. The molecule has 0 bridgehead atoms. The Labute approximate surface area is 639 Å². The number of H-pyrrole nitrogens is 1. The summed E-state index contributed by atoms with van der Waals surface area (Å²) in [5.41, 5.74) is 19.4. The molecule has 3 aromatic rings. The smallest absolute Gasteiger partial charge is 0.322 e. The third-order valence-electron chi connectivity index (χ3n) is 18.9. The first-order chi connectivity index (χ1) is 51.8. The van der Waals surface area contributed by atoms with Crippen molar-refractivity contribution in [2.75, 3.05) is 39.3 Å². The zero-order valence-electron chi connectivity index (χ0n) is 64.7. The number of carbonyl (C=O) groups excluding carboxylic acids is 12. The van der Waals surface area contributed by atoms with E-state index in [-0.39, 0.29) is 101 Å². The summed E-state index contributed by atoms with van der Waals surface area (Å²) in [6.07, 6.45) is 4.22. The van der Waals surface area contributed by atoms with E-state index in [0.29, 0.717) is 73.6 Å². The molecule has 0 unspecified atom stereocenters. The summed E-state index contributed by atoms with van der Waals surface area (Å²) >= 11 is 0. The summed E-state index contributed by atoms with van der Waals surface area (Å²) in [6, 6.07) is -0.116. The maximum absolute atomic E-state index is 14.9. The van der Waals surface area contributed by atoms with E-state index in [1.165, 1.54) is 6.92 Å². The number of aliphatic hydroxyl groups is 2. The number of aliphatic carboxylic acids is 1. The highest BCUT2D eigenvalue weighted by Gasteiger charge is 2.39. The zero-order chi connectivity index (χ0) is 80.9. The van der Waals surface area contributed by atoms with Gasteiger partial charge in [-0.3, -0.25) is 62.3 Å². The number of fused-ring (bicyclic) bond motifs is 1. The molecule has 0 radical (unpaired) electrons. The van der Waals surface area contributed by atoms with Crippen molar-refractivity contribution in [2.24, 2.45) is 40.9 Å². The second-order valence-corrected chi connectivity index (χ2v) is 29.6. The van der Waals surface area contributed by atoms with E-state index in [9.17, 15) is 77.6 Å². The average Bonchev–Trinajstić information content (AvgIpc) is 1.74. The van der Waals surface area contributed by atoms with Gasteiger partial charge in [-0.2, -0.15) is 0 Å². The number of aliphatic hydroxyl groups excluding tert-OH is 2. The van der Waals surface area contributed by atoms with Gasteiger partial charge in [-0.25, -0.2) is 0 Å². The quantitative estimate of drug-likeness (QED) is 0.0307. The Morgan fingerprint density at radius 2 is 0.872 bits per heavy atom. The number of carbonyl (C=O) groups is 13. The number of nitrogens with two attached hydrogens (primary N) is 3. The first-order valence-corrected chi connectivity index (χ1v) is 38.4. The Morgan fingerprint density at radius 3 is 1.33 bits per heavy atom. The average molecular weight is 1530 g/mol. The van der Waals surface area contributed by atoms with Crippen molar-refractivity contribution < 1.29 is 77.6 Å². The Morgan fingerprint density at radius 1 is 0.468 bits per heavy atom. The van der Waals surface area contributed by atoms with E-state index in [4.69, 9.17) is 17.2 Å². The number of carboxylic acids is 1. The molecule has 608 valence electrons. The lowest BCUT2D eigenvalue weighted by atomic mass is 9.97. The van der Waals surface area contributed by atoms with Crippen molar-refractivity contribution in [1.29, 1.82) is 0 Å². The molecular formula is C76H123N17O16. The van der Waals surface area contributed by atoms with Gasteiger partial charge in [0.15, 0.2) is 0 Å². The van der Waals surface area contributed by atoms with Crippen molar-refractivity contribution in [3.05, 3.63) is 71.9 Å². The third kappa shape index (κ3) is 32.1. The molecule has 0 aliphatic carbocycles. The number of aromatic nitrogens is 1. The molecule has 12 amide bonds. The van der Waals surface area contributed by atoms with Gasteiger partial charge in [-0.1, -0.05) is 110 Å². The van der Waals surface area contributed by atoms with E-state index in [1.54, 1.807) is 102 Å². The molecule has 0 spiro atoms. The number of benzene rings is 2. The number of para-hydroxylation sites is 1. The van der Waals surface area contributed by atoms with Crippen molar-refractivity contribution in [3.8, 4) is 0 Å². The van der Waals surface area contributed by atoms with Gasteiger partial charge in [0.05, 0.1) is 18.8 Å². The van der Waals surface area contributed by atoms with Gasteiger partial charge < -0.3 is 107 Å².